The van der Waals surface area contributed by atoms with Crippen molar-refractivity contribution in [3.05, 3.63) is 88.5 Å². The lowest BCUT2D eigenvalue weighted by atomic mass is 10.0. The summed E-state index contributed by atoms with van der Waals surface area (Å²) in [5, 5.41) is 20.1. The summed E-state index contributed by atoms with van der Waals surface area (Å²) in [6.45, 7) is 0.873. The molecular formula is C22H20ClFN2O3. The van der Waals surface area contributed by atoms with Gasteiger partial charge >= 0.3 is 0 Å². The summed E-state index contributed by atoms with van der Waals surface area (Å²) >= 11 is 6.01. The van der Waals surface area contributed by atoms with Gasteiger partial charge in [-0.3, -0.25) is 4.79 Å². The maximum atomic E-state index is 13.5. The van der Waals surface area contributed by atoms with Gasteiger partial charge in [0.05, 0.1) is 12.6 Å². The fourth-order valence-electron chi connectivity index (χ4n) is 3.17. The van der Waals surface area contributed by atoms with Crippen LogP contribution in [0.2, 0.25) is 5.02 Å². The number of nitrogens with zero attached hydrogens (tertiary/aromatic N) is 2. The van der Waals surface area contributed by atoms with Crippen molar-refractivity contribution in [1.29, 1.82) is 0 Å². The Labute approximate surface area is 173 Å². The first kappa shape index (κ1) is 20.9. The van der Waals surface area contributed by atoms with Gasteiger partial charge in [-0.15, -0.1) is 0 Å². The molecule has 0 fully saturated rings. The Morgan fingerprint density at radius 3 is 2.52 bits per heavy atom. The fraction of sp³-hybridized carbons (Fsp3) is 0.182. The highest BCUT2D eigenvalue weighted by molar-refractivity contribution is 6.30. The Balaban J connectivity index is 1.88. The van der Waals surface area contributed by atoms with E-state index in [1.807, 2.05) is 6.92 Å². The topological polar surface area (TPSA) is 73.7 Å². The lowest BCUT2D eigenvalue weighted by Crippen LogP contribution is -2.37. The summed E-state index contributed by atoms with van der Waals surface area (Å²) in [6.07, 6.45) is 1.45. The van der Waals surface area contributed by atoms with E-state index in [0.717, 1.165) is 16.0 Å². The maximum absolute atomic E-state index is 13.5. The van der Waals surface area contributed by atoms with E-state index in [2.05, 4.69) is 4.98 Å². The third kappa shape index (κ3) is 4.62. The highest BCUT2D eigenvalue weighted by Gasteiger charge is 2.25. The molecule has 1 atom stereocenters. The number of halogens is 2. The number of aryl methyl sites for hydroxylation is 1. The van der Waals surface area contributed by atoms with Crippen LogP contribution >= 0.6 is 11.6 Å². The van der Waals surface area contributed by atoms with Crippen LogP contribution < -0.4 is 0 Å². The van der Waals surface area contributed by atoms with Crippen molar-refractivity contribution in [2.24, 2.45) is 0 Å². The van der Waals surface area contributed by atoms with E-state index in [1.165, 1.54) is 12.3 Å². The second kappa shape index (κ2) is 9.13. The van der Waals surface area contributed by atoms with Gasteiger partial charge in [0.1, 0.15) is 6.73 Å². The SMILES string of the molecule is Cc1cnc(F)cc1-c1ccc(C(=O)N(CO)C(CO)c2cccc(Cl)c2)cc1. The third-order valence-electron chi connectivity index (χ3n) is 4.71. The number of amides is 1. The van der Waals surface area contributed by atoms with Crippen molar-refractivity contribution in [3.8, 4) is 11.1 Å². The number of benzene rings is 2. The number of pyridine rings is 1. The number of carbonyl (C=O) groups is 1. The Bertz CT molecular complexity index is 1010. The van der Waals surface area contributed by atoms with Crippen molar-refractivity contribution in [3.63, 3.8) is 0 Å². The molecule has 5 nitrogen and oxygen atoms in total. The predicted octanol–water partition coefficient (Wildman–Crippen LogP) is 3.98. The molecule has 1 unspecified atom stereocenters. The minimum absolute atomic E-state index is 0.329. The summed E-state index contributed by atoms with van der Waals surface area (Å²) < 4.78 is 13.5. The number of aliphatic hydroxyl groups excluding tert-OH is 2. The van der Waals surface area contributed by atoms with Gasteiger partial charge in [-0.2, -0.15) is 4.39 Å². The van der Waals surface area contributed by atoms with Crippen molar-refractivity contribution in [1.82, 2.24) is 9.88 Å². The van der Waals surface area contributed by atoms with Crippen LogP contribution in [-0.4, -0.2) is 39.3 Å². The van der Waals surface area contributed by atoms with E-state index < -0.39 is 24.6 Å². The molecule has 0 spiro atoms. The first-order chi connectivity index (χ1) is 13.9. The monoisotopic (exact) mass is 414 g/mol. The molecule has 1 amide bonds. The zero-order chi connectivity index (χ0) is 21.0. The number of rotatable bonds is 6. The maximum Gasteiger partial charge on any atom is 0.256 e. The van der Waals surface area contributed by atoms with Gasteiger partial charge in [-0.05, 0) is 53.4 Å². The second-order valence-electron chi connectivity index (χ2n) is 6.57. The number of aromatic nitrogens is 1. The highest BCUT2D eigenvalue weighted by atomic mass is 35.5. The molecule has 29 heavy (non-hydrogen) atoms. The predicted molar refractivity (Wildman–Crippen MR) is 109 cm³/mol. The molecule has 7 heteroatoms. The zero-order valence-electron chi connectivity index (χ0n) is 15.7. The average molecular weight is 415 g/mol. The molecule has 0 aliphatic heterocycles. The van der Waals surface area contributed by atoms with Crippen molar-refractivity contribution < 1.29 is 19.4 Å². The molecule has 0 bridgehead atoms. The smallest absolute Gasteiger partial charge is 0.256 e. The van der Waals surface area contributed by atoms with Gasteiger partial charge in [0.2, 0.25) is 5.95 Å². The van der Waals surface area contributed by atoms with Gasteiger partial charge in [0, 0.05) is 22.8 Å². The van der Waals surface area contributed by atoms with Crippen molar-refractivity contribution in [2.45, 2.75) is 13.0 Å². The van der Waals surface area contributed by atoms with Crippen molar-refractivity contribution in [2.75, 3.05) is 13.3 Å². The molecule has 2 N–H and O–H groups in total. The number of hydrogen-bond acceptors (Lipinski definition) is 4. The van der Waals surface area contributed by atoms with Gasteiger partial charge < -0.3 is 15.1 Å². The molecule has 3 aromatic rings. The summed E-state index contributed by atoms with van der Waals surface area (Å²) in [6, 6.07) is 14.0. The molecule has 0 aliphatic carbocycles. The summed E-state index contributed by atoms with van der Waals surface area (Å²) in [4.78, 5) is 17.7. The summed E-state index contributed by atoms with van der Waals surface area (Å²) in [5.74, 6) is -1.03. The molecule has 1 heterocycles. The first-order valence-electron chi connectivity index (χ1n) is 8.95. The van der Waals surface area contributed by atoms with E-state index in [-0.39, 0.29) is 6.61 Å². The molecule has 0 saturated heterocycles. The van der Waals surface area contributed by atoms with Crippen LogP contribution in [0.15, 0.2) is 60.8 Å². The van der Waals surface area contributed by atoms with Crippen LogP contribution in [0.3, 0.4) is 0 Å². The molecule has 0 aliphatic rings. The zero-order valence-corrected chi connectivity index (χ0v) is 16.5. The van der Waals surface area contributed by atoms with Gasteiger partial charge in [-0.25, -0.2) is 4.98 Å². The Hall–Kier alpha value is -2.80. The van der Waals surface area contributed by atoms with Gasteiger partial charge in [0.25, 0.3) is 5.91 Å². The number of aliphatic hydroxyl groups is 2. The van der Waals surface area contributed by atoms with Crippen LogP contribution in [0.4, 0.5) is 4.39 Å². The van der Waals surface area contributed by atoms with Crippen LogP contribution in [0, 0.1) is 12.9 Å². The van der Waals surface area contributed by atoms with E-state index in [0.29, 0.717) is 21.7 Å². The Morgan fingerprint density at radius 1 is 1.17 bits per heavy atom. The normalized spacial score (nSPS) is 11.9. The van der Waals surface area contributed by atoms with Crippen LogP contribution in [0.1, 0.15) is 27.5 Å². The Morgan fingerprint density at radius 2 is 1.90 bits per heavy atom. The molecule has 2 aromatic carbocycles. The fourth-order valence-corrected chi connectivity index (χ4v) is 3.37. The van der Waals surface area contributed by atoms with E-state index in [1.54, 1.807) is 48.5 Å². The molecule has 150 valence electrons. The quantitative estimate of drug-likeness (QED) is 0.472. The molecule has 0 radical (unpaired) electrons. The van der Waals surface area contributed by atoms with E-state index in [9.17, 15) is 19.4 Å². The standard InChI is InChI=1S/C22H20ClFN2O3/c1-14-11-25-21(24)10-19(14)15-5-7-16(8-6-15)22(29)26(13-28)20(12-27)17-3-2-4-18(23)9-17/h2-11,20,27-28H,12-13H2,1H3. The lowest BCUT2D eigenvalue weighted by molar-refractivity contribution is 0.0286. The van der Waals surface area contributed by atoms with E-state index >= 15 is 0 Å². The summed E-state index contributed by atoms with van der Waals surface area (Å²) in [7, 11) is 0. The molecule has 1 aromatic heterocycles. The molecule has 0 saturated carbocycles. The molecular weight excluding hydrogens is 395 g/mol. The van der Waals surface area contributed by atoms with E-state index in [4.69, 9.17) is 11.6 Å². The average Bonchev–Trinajstić information content (AvgIpc) is 2.73. The lowest BCUT2D eigenvalue weighted by Gasteiger charge is -2.29. The highest BCUT2D eigenvalue weighted by Crippen LogP contribution is 2.27. The van der Waals surface area contributed by atoms with Crippen molar-refractivity contribution >= 4 is 17.5 Å². The Kier molecular flexibility index (Phi) is 6.59. The number of hydrogen-bond donors (Lipinski definition) is 2. The summed E-state index contributed by atoms with van der Waals surface area (Å²) in [5.41, 5.74) is 3.17. The van der Waals surface area contributed by atoms with Crippen LogP contribution in [0.5, 0.6) is 0 Å². The van der Waals surface area contributed by atoms with Crippen LogP contribution in [-0.2, 0) is 0 Å². The second-order valence-corrected chi connectivity index (χ2v) is 7.01. The molecule has 3 rings (SSSR count). The largest absolute Gasteiger partial charge is 0.394 e. The van der Waals surface area contributed by atoms with Crippen LogP contribution in [0.25, 0.3) is 11.1 Å². The minimum Gasteiger partial charge on any atom is -0.394 e. The van der Waals surface area contributed by atoms with Gasteiger partial charge in [0.15, 0.2) is 0 Å². The van der Waals surface area contributed by atoms with Gasteiger partial charge in [-0.1, -0.05) is 35.9 Å². The minimum atomic E-state index is -0.748. The third-order valence-corrected chi connectivity index (χ3v) is 4.94. The first-order valence-corrected chi connectivity index (χ1v) is 9.33. The number of carbonyl (C=O) groups excluding carboxylic acids is 1.